The van der Waals surface area contributed by atoms with E-state index in [2.05, 4.69) is 47.1 Å². The zero-order valence-corrected chi connectivity index (χ0v) is 18.9. The first kappa shape index (κ1) is 25.2. The van der Waals surface area contributed by atoms with Gasteiger partial charge in [-0.3, -0.25) is 9.80 Å². The Balaban J connectivity index is 0.000000534. The van der Waals surface area contributed by atoms with Gasteiger partial charge in [-0.2, -0.15) is 0 Å². The van der Waals surface area contributed by atoms with Gasteiger partial charge < -0.3 is 19.7 Å². The van der Waals surface area contributed by atoms with Gasteiger partial charge in [0.15, 0.2) is 0 Å². The van der Waals surface area contributed by atoms with Gasteiger partial charge in [0.25, 0.3) is 0 Å². The van der Waals surface area contributed by atoms with Crippen molar-refractivity contribution in [1.29, 1.82) is 0 Å². The second kappa shape index (κ2) is 12.7. The summed E-state index contributed by atoms with van der Waals surface area (Å²) in [5.41, 5.74) is 4.01. The highest BCUT2D eigenvalue weighted by Crippen LogP contribution is 2.25. The van der Waals surface area contributed by atoms with Crippen LogP contribution in [0.15, 0.2) is 42.5 Å². The Labute approximate surface area is 189 Å². The maximum atomic E-state index is 9.10. The number of nitrogens with zero attached hydrogens (tertiary/aromatic N) is 2. The molecule has 32 heavy (non-hydrogen) atoms. The minimum absolute atomic E-state index is 0.884. The highest BCUT2D eigenvalue weighted by Gasteiger charge is 2.18. The van der Waals surface area contributed by atoms with Gasteiger partial charge >= 0.3 is 11.9 Å². The van der Waals surface area contributed by atoms with Crippen molar-refractivity contribution in [1.82, 2.24) is 9.80 Å². The molecule has 1 fully saturated rings. The van der Waals surface area contributed by atoms with Gasteiger partial charge in [-0.25, -0.2) is 9.59 Å². The van der Waals surface area contributed by atoms with Crippen LogP contribution in [-0.2, 0) is 29.1 Å². The number of benzene rings is 2. The molecule has 2 N–H and O–H groups in total. The molecule has 174 valence electrons. The molecule has 0 radical (unpaired) electrons. The molecule has 0 bridgehead atoms. The molecule has 2 aromatic rings. The van der Waals surface area contributed by atoms with Crippen LogP contribution in [0.1, 0.15) is 23.6 Å². The van der Waals surface area contributed by atoms with Crippen LogP contribution in [-0.4, -0.2) is 72.4 Å². The Kier molecular flexibility index (Phi) is 9.97. The standard InChI is InChI=1S/C22H30N2O2.C2H2O4/c1-4-18-5-7-19(8-6-18)16-23-11-13-24(14-12-23)17-20-15-21(25-2)9-10-22(20)26-3;3-1(4)2(5)6/h5-10,15H,4,11-14,16-17H2,1-3H3;(H,3,4)(H,5,6). The van der Waals surface area contributed by atoms with E-state index in [-0.39, 0.29) is 0 Å². The van der Waals surface area contributed by atoms with Gasteiger partial charge in [0.05, 0.1) is 14.2 Å². The van der Waals surface area contributed by atoms with Crippen LogP contribution < -0.4 is 9.47 Å². The van der Waals surface area contributed by atoms with Crippen molar-refractivity contribution in [3.63, 3.8) is 0 Å². The lowest BCUT2D eigenvalue weighted by Crippen LogP contribution is -2.45. The Hall–Kier alpha value is -3.10. The van der Waals surface area contributed by atoms with E-state index in [0.717, 1.165) is 57.2 Å². The quantitative estimate of drug-likeness (QED) is 0.629. The largest absolute Gasteiger partial charge is 0.497 e. The van der Waals surface area contributed by atoms with Crippen molar-refractivity contribution >= 4 is 11.9 Å². The molecule has 1 aliphatic rings. The topological polar surface area (TPSA) is 99.5 Å². The van der Waals surface area contributed by atoms with Crippen LogP contribution in [0, 0.1) is 0 Å². The molecule has 0 aliphatic carbocycles. The number of aryl methyl sites for hydroxylation is 1. The Morgan fingerprint density at radius 1 is 0.812 bits per heavy atom. The molecule has 1 heterocycles. The molecular weight excluding hydrogens is 412 g/mol. The molecule has 0 aromatic heterocycles. The SMILES string of the molecule is CCc1ccc(CN2CCN(Cc3cc(OC)ccc3OC)CC2)cc1.O=C(O)C(=O)O. The van der Waals surface area contributed by atoms with E-state index in [4.69, 9.17) is 29.3 Å². The lowest BCUT2D eigenvalue weighted by Gasteiger charge is -2.35. The van der Waals surface area contributed by atoms with E-state index < -0.39 is 11.9 Å². The van der Waals surface area contributed by atoms with Gasteiger partial charge in [0.2, 0.25) is 0 Å². The Morgan fingerprint density at radius 2 is 1.34 bits per heavy atom. The molecule has 0 amide bonds. The number of piperazine rings is 1. The summed E-state index contributed by atoms with van der Waals surface area (Å²) in [5.74, 6) is -1.83. The van der Waals surface area contributed by atoms with Crippen molar-refractivity contribution in [2.75, 3.05) is 40.4 Å². The number of carboxylic acids is 2. The van der Waals surface area contributed by atoms with Crippen LogP contribution in [0.5, 0.6) is 11.5 Å². The fourth-order valence-electron chi connectivity index (χ4n) is 3.49. The molecule has 8 nitrogen and oxygen atoms in total. The fourth-order valence-corrected chi connectivity index (χ4v) is 3.49. The molecule has 0 spiro atoms. The second-order valence-corrected chi connectivity index (χ2v) is 7.51. The first-order valence-electron chi connectivity index (χ1n) is 10.6. The maximum absolute atomic E-state index is 9.10. The van der Waals surface area contributed by atoms with Crippen LogP contribution >= 0.6 is 0 Å². The summed E-state index contributed by atoms with van der Waals surface area (Å²) < 4.78 is 10.9. The van der Waals surface area contributed by atoms with Gasteiger partial charge in [-0.05, 0) is 35.7 Å². The summed E-state index contributed by atoms with van der Waals surface area (Å²) in [6.07, 6.45) is 1.10. The van der Waals surface area contributed by atoms with E-state index >= 15 is 0 Å². The predicted octanol–water partition coefficient (Wildman–Crippen LogP) is 2.74. The number of hydrogen-bond acceptors (Lipinski definition) is 6. The highest BCUT2D eigenvalue weighted by molar-refractivity contribution is 6.27. The number of carboxylic acid groups (broad SMARTS) is 2. The second-order valence-electron chi connectivity index (χ2n) is 7.51. The molecule has 0 atom stereocenters. The molecule has 0 saturated carbocycles. The van der Waals surface area contributed by atoms with Crippen molar-refractivity contribution in [3.8, 4) is 11.5 Å². The number of methoxy groups -OCH3 is 2. The van der Waals surface area contributed by atoms with Crippen LogP contribution in [0.2, 0.25) is 0 Å². The van der Waals surface area contributed by atoms with Gasteiger partial charge in [0, 0.05) is 44.8 Å². The first-order chi connectivity index (χ1) is 15.4. The van der Waals surface area contributed by atoms with Gasteiger partial charge in [0.1, 0.15) is 11.5 Å². The maximum Gasteiger partial charge on any atom is 0.414 e. The van der Waals surface area contributed by atoms with E-state index in [1.807, 2.05) is 12.1 Å². The average molecular weight is 445 g/mol. The first-order valence-corrected chi connectivity index (χ1v) is 10.6. The number of aliphatic carboxylic acids is 2. The van der Waals surface area contributed by atoms with E-state index in [1.54, 1.807) is 14.2 Å². The number of ether oxygens (including phenoxy) is 2. The van der Waals surface area contributed by atoms with Crippen LogP contribution in [0.4, 0.5) is 0 Å². The molecule has 2 aromatic carbocycles. The van der Waals surface area contributed by atoms with Crippen molar-refractivity contribution in [2.45, 2.75) is 26.4 Å². The summed E-state index contributed by atoms with van der Waals surface area (Å²) in [6, 6.07) is 15.1. The Bertz CT molecular complexity index is 865. The van der Waals surface area contributed by atoms with E-state index in [9.17, 15) is 0 Å². The summed E-state index contributed by atoms with van der Waals surface area (Å²) in [5, 5.41) is 14.8. The minimum Gasteiger partial charge on any atom is -0.497 e. The van der Waals surface area contributed by atoms with Crippen molar-refractivity contribution in [2.24, 2.45) is 0 Å². The highest BCUT2D eigenvalue weighted by atomic mass is 16.5. The smallest absolute Gasteiger partial charge is 0.414 e. The summed E-state index contributed by atoms with van der Waals surface area (Å²) in [6.45, 7) is 8.50. The van der Waals surface area contributed by atoms with Crippen molar-refractivity contribution in [3.05, 3.63) is 59.2 Å². The van der Waals surface area contributed by atoms with E-state index in [0.29, 0.717) is 0 Å². The molecular formula is C24H32N2O6. The number of hydrogen-bond donors (Lipinski definition) is 2. The molecule has 8 heteroatoms. The summed E-state index contributed by atoms with van der Waals surface area (Å²) in [4.78, 5) is 23.2. The molecule has 1 aliphatic heterocycles. The zero-order valence-electron chi connectivity index (χ0n) is 18.9. The van der Waals surface area contributed by atoms with Crippen LogP contribution in [0.3, 0.4) is 0 Å². The fraction of sp³-hybridized carbons (Fsp3) is 0.417. The monoisotopic (exact) mass is 444 g/mol. The molecule has 0 unspecified atom stereocenters. The van der Waals surface area contributed by atoms with Crippen LogP contribution in [0.25, 0.3) is 0 Å². The Morgan fingerprint density at radius 3 is 1.81 bits per heavy atom. The summed E-state index contributed by atoms with van der Waals surface area (Å²) >= 11 is 0. The minimum atomic E-state index is -1.82. The third-order valence-corrected chi connectivity index (χ3v) is 5.37. The lowest BCUT2D eigenvalue weighted by molar-refractivity contribution is -0.159. The average Bonchev–Trinajstić information content (AvgIpc) is 2.81. The summed E-state index contributed by atoms with van der Waals surface area (Å²) in [7, 11) is 3.43. The predicted molar refractivity (Wildman–Crippen MR) is 121 cm³/mol. The van der Waals surface area contributed by atoms with Gasteiger partial charge in [-0.15, -0.1) is 0 Å². The lowest BCUT2D eigenvalue weighted by atomic mass is 10.1. The molecule has 3 rings (SSSR count). The molecule has 1 saturated heterocycles. The third-order valence-electron chi connectivity index (χ3n) is 5.37. The third kappa shape index (κ3) is 7.86. The normalized spacial score (nSPS) is 14.2. The van der Waals surface area contributed by atoms with Crippen molar-refractivity contribution < 1.29 is 29.3 Å². The zero-order chi connectivity index (χ0) is 23.5. The number of carbonyl (C=O) groups is 2. The number of rotatable bonds is 7. The van der Waals surface area contributed by atoms with Gasteiger partial charge in [-0.1, -0.05) is 31.2 Å². The van der Waals surface area contributed by atoms with E-state index in [1.165, 1.54) is 16.7 Å².